The van der Waals surface area contributed by atoms with Gasteiger partial charge in [0.05, 0.1) is 29.8 Å². The number of hydrogen-bond acceptors (Lipinski definition) is 11. The lowest BCUT2D eigenvalue weighted by molar-refractivity contribution is -0.212. The summed E-state index contributed by atoms with van der Waals surface area (Å²) in [5.74, 6) is -15.0. The predicted molar refractivity (Wildman–Crippen MR) is 157 cm³/mol. The number of likely N-dealkylation sites (N-methyl/N-ethyl adjacent to an activating group) is 1. The van der Waals surface area contributed by atoms with Gasteiger partial charge in [-0.3, -0.25) is 38.6 Å². The van der Waals surface area contributed by atoms with E-state index in [0.29, 0.717) is 24.3 Å². The van der Waals surface area contributed by atoms with Gasteiger partial charge in [0.25, 0.3) is 0 Å². The zero-order chi connectivity index (χ0) is 33.8. The van der Waals surface area contributed by atoms with Crippen LogP contribution in [0.2, 0.25) is 0 Å². The van der Waals surface area contributed by atoms with Crippen molar-refractivity contribution >= 4 is 46.3 Å². The van der Waals surface area contributed by atoms with Crippen LogP contribution in [-0.4, -0.2) is 120 Å². The van der Waals surface area contributed by atoms with Gasteiger partial charge in [0.15, 0.2) is 34.7 Å². The zero-order valence-corrected chi connectivity index (χ0v) is 25.9. The lowest BCUT2D eigenvalue weighted by Gasteiger charge is -2.58. The van der Waals surface area contributed by atoms with E-state index in [-0.39, 0.29) is 43.5 Å². The molecule has 4 aliphatic carbocycles. The van der Waals surface area contributed by atoms with E-state index in [1.54, 1.807) is 23.9 Å². The highest BCUT2D eigenvalue weighted by molar-refractivity contribution is 6.32. The summed E-state index contributed by atoms with van der Waals surface area (Å²) in [6.07, 6.45) is -0.438. The molecule has 1 aromatic rings. The molecule has 3 saturated carbocycles. The van der Waals surface area contributed by atoms with Crippen molar-refractivity contribution in [1.82, 2.24) is 9.80 Å². The molecular formula is C31H37F2N5O8. The summed E-state index contributed by atoms with van der Waals surface area (Å²) in [4.78, 5) is 84.9. The number of nitrogens with two attached hydrogens (primary N) is 1. The van der Waals surface area contributed by atoms with Crippen LogP contribution in [0.3, 0.4) is 0 Å². The van der Waals surface area contributed by atoms with Crippen molar-refractivity contribution in [2.45, 2.75) is 43.2 Å². The van der Waals surface area contributed by atoms with Crippen molar-refractivity contribution in [3.63, 3.8) is 0 Å². The molecule has 2 unspecified atom stereocenters. The number of primary amides is 1. The number of nitrogens with zero attached hydrogens (tertiary/aromatic N) is 3. The van der Waals surface area contributed by atoms with Crippen molar-refractivity contribution in [2.24, 2.45) is 34.8 Å². The van der Waals surface area contributed by atoms with Gasteiger partial charge in [-0.15, -0.1) is 0 Å². The monoisotopic (exact) mass is 645 g/mol. The summed E-state index contributed by atoms with van der Waals surface area (Å²) in [5.41, 5.74) is 2.55. The van der Waals surface area contributed by atoms with Crippen molar-refractivity contribution in [3.8, 4) is 5.75 Å². The third-order valence-electron chi connectivity index (χ3n) is 10.5. The number of benzene rings is 1. The number of fused-ring (bicyclic) bond motifs is 3. The predicted octanol–water partition coefficient (Wildman–Crippen LogP) is -0.397. The van der Waals surface area contributed by atoms with Crippen molar-refractivity contribution in [3.05, 3.63) is 17.2 Å². The van der Waals surface area contributed by atoms with Crippen molar-refractivity contribution < 1.29 is 47.8 Å². The van der Waals surface area contributed by atoms with Gasteiger partial charge in [0, 0.05) is 57.0 Å². The van der Waals surface area contributed by atoms with Gasteiger partial charge in [0.1, 0.15) is 5.75 Å². The molecule has 0 aromatic heterocycles. The molecule has 5 aliphatic rings. The topological polar surface area (TPSA) is 191 Å². The van der Waals surface area contributed by atoms with Crippen LogP contribution in [0.25, 0.3) is 0 Å². The lowest BCUT2D eigenvalue weighted by Crippen LogP contribution is -2.74. The Morgan fingerprint density at radius 2 is 1.72 bits per heavy atom. The Labute approximate surface area is 263 Å². The van der Waals surface area contributed by atoms with E-state index in [0.717, 1.165) is 0 Å². The SMILES string of the molecule is CN(C)c1cc(NC(=O)CN2CC3(C2)CC(F)(F)C3)c(O)c2c1C[C@H]1C[C@H]3[C@H](N(C)C)C(=O)C(C(N)=O)C(=O)[C@@]3(O)C(=O)C1C2=O. The molecule has 248 valence electrons. The number of phenolic OH excluding ortho intramolecular Hbond substituents is 1. The van der Waals surface area contributed by atoms with Gasteiger partial charge in [-0.05, 0) is 44.5 Å². The maximum Gasteiger partial charge on any atom is 0.249 e. The first-order chi connectivity index (χ1) is 21.3. The van der Waals surface area contributed by atoms with Gasteiger partial charge < -0.3 is 26.2 Å². The maximum atomic E-state index is 14.1. The molecule has 6 atom stereocenters. The second-order valence-electron chi connectivity index (χ2n) is 14.2. The summed E-state index contributed by atoms with van der Waals surface area (Å²) < 4.78 is 26.7. The number of hydrogen-bond donors (Lipinski definition) is 4. The van der Waals surface area contributed by atoms with E-state index in [1.807, 2.05) is 0 Å². The normalized spacial score (nSPS) is 32.7. The lowest BCUT2D eigenvalue weighted by atomic mass is 9.52. The van der Waals surface area contributed by atoms with Crippen LogP contribution in [0.5, 0.6) is 5.75 Å². The Morgan fingerprint density at radius 3 is 2.26 bits per heavy atom. The van der Waals surface area contributed by atoms with Gasteiger partial charge in [-0.1, -0.05) is 0 Å². The summed E-state index contributed by atoms with van der Waals surface area (Å²) in [7, 11) is 6.41. The standard InChI is InChI=1S/C31H37F2N5O8/c1-36(2)17-7-16(35-18(39)8-38-11-29(12-38)9-30(32,33)10-29)23(40)20-14(17)5-13-6-15-22(37(3)4)25(42)21(28(34)45)27(44)31(15,46)26(43)19(13)24(20)41/h7,13,15,19,21-22,40,46H,5-6,8-12H2,1-4H3,(H2,34,45)(H,35,39)/t13-,15-,19?,21?,22-,31-/m0/s1. The minimum Gasteiger partial charge on any atom is -0.505 e. The molecule has 5 N–H and O–H groups in total. The number of rotatable bonds is 6. The van der Waals surface area contributed by atoms with Crippen LogP contribution >= 0.6 is 0 Å². The first-order valence-corrected chi connectivity index (χ1v) is 15.1. The van der Waals surface area contributed by atoms with Crippen molar-refractivity contribution in [2.75, 3.05) is 58.0 Å². The number of carbonyl (C=O) groups is 6. The molecule has 1 heterocycles. The van der Waals surface area contributed by atoms with Crippen LogP contribution in [0.15, 0.2) is 6.07 Å². The number of Topliss-reactive ketones (excluding diaryl/α,β-unsaturated/α-hetero) is 4. The molecule has 0 radical (unpaired) electrons. The number of phenols is 1. The second kappa shape index (κ2) is 10.3. The Hall–Kier alpha value is -3.82. The van der Waals surface area contributed by atoms with E-state index >= 15 is 0 Å². The van der Waals surface area contributed by atoms with Crippen LogP contribution < -0.4 is 16.0 Å². The largest absolute Gasteiger partial charge is 0.505 e. The molecule has 15 heteroatoms. The molecule has 13 nitrogen and oxygen atoms in total. The highest BCUT2D eigenvalue weighted by Gasteiger charge is 2.69. The van der Waals surface area contributed by atoms with E-state index in [2.05, 4.69) is 5.32 Å². The minimum absolute atomic E-state index is 0.0711. The molecule has 6 rings (SSSR count). The first kappa shape index (κ1) is 32.1. The smallest absolute Gasteiger partial charge is 0.249 e. The van der Waals surface area contributed by atoms with Crippen LogP contribution in [0.1, 0.15) is 35.2 Å². The maximum absolute atomic E-state index is 14.1. The summed E-state index contributed by atoms with van der Waals surface area (Å²) >= 11 is 0. The molecule has 1 saturated heterocycles. The van der Waals surface area contributed by atoms with Crippen LogP contribution in [-0.2, 0) is 30.4 Å². The molecular weight excluding hydrogens is 608 g/mol. The average molecular weight is 646 g/mol. The number of aliphatic hydroxyl groups is 1. The summed E-state index contributed by atoms with van der Waals surface area (Å²) in [6, 6.07) is 0.293. The quantitative estimate of drug-likeness (QED) is 0.233. The van der Waals surface area contributed by atoms with Gasteiger partial charge in [-0.2, -0.15) is 0 Å². The Morgan fingerprint density at radius 1 is 1.09 bits per heavy atom. The second-order valence-corrected chi connectivity index (χ2v) is 14.2. The number of anilines is 2. The molecule has 1 aromatic carbocycles. The van der Waals surface area contributed by atoms with Crippen LogP contribution in [0.4, 0.5) is 20.2 Å². The molecule has 0 bridgehead atoms. The third kappa shape index (κ3) is 4.57. The van der Waals surface area contributed by atoms with E-state index < -0.39 is 87.3 Å². The molecule has 4 fully saturated rings. The molecule has 2 amide bonds. The summed E-state index contributed by atoms with van der Waals surface area (Å²) in [5, 5.41) is 25.7. The fourth-order valence-corrected chi connectivity index (χ4v) is 8.82. The zero-order valence-electron chi connectivity index (χ0n) is 25.9. The Balaban J connectivity index is 1.31. The van der Waals surface area contributed by atoms with Gasteiger partial charge in [-0.25, -0.2) is 8.78 Å². The number of likely N-dealkylation sites (tertiary alicyclic amines) is 1. The molecule has 1 aliphatic heterocycles. The highest BCUT2D eigenvalue weighted by atomic mass is 19.3. The fourth-order valence-electron chi connectivity index (χ4n) is 8.82. The highest BCUT2D eigenvalue weighted by Crippen LogP contribution is 2.57. The molecule has 46 heavy (non-hydrogen) atoms. The van der Waals surface area contributed by atoms with Gasteiger partial charge >= 0.3 is 0 Å². The number of alkyl halides is 2. The van der Waals surface area contributed by atoms with E-state index in [4.69, 9.17) is 5.73 Å². The number of nitrogens with one attached hydrogen (secondary N) is 1. The van der Waals surface area contributed by atoms with Gasteiger partial charge in [0.2, 0.25) is 17.7 Å². The average Bonchev–Trinajstić information content (AvgIpc) is 2.89. The number of aromatic hydroxyl groups is 1. The van der Waals surface area contributed by atoms with Crippen molar-refractivity contribution in [1.29, 1.82) is 0 Å². The Bertz CT molecular complexity index is 1600. The fraction of sp³-hybridized carbons (Fsp3) is 0.613. The Kier molecular flexibility index (Phi) is 7.22. The van der Waals surface area contributed by atoms with E-state index in [9.17, 15) is 47.8 Å². The molecule has 1 spiro atoms. The minimum atomic E-state index is -2.85. The number of carbonyl (C=O) groups excluding carboxylic acids is 6. The third-order valence-corrected chi connectivity index (χ3v) is 10.5. The first-order valence-electron chi connectivity index (χ1n) is 15.1. The number of amides is 2. The number of halogens is 2. The summed E-state index contributed by atoms with van der Waals surface area (Å²) in [6.45, 7) is 0.568. The van der Waals surface area contributed by atoms with E-state index in [1.165, 1.54) is 25.1 Å². The van der Waals surface area contributed by atoms with Crippen LogP contribution in [0, 0.1) is 29.1 Å². The number of ketones is 4.